The topological polar surface area (TPSA) is 87.2 Å². The molecule has 0 radical (unpaired) electrons. The largest absolute Gasteiger partial charge is 0.573 e. The van der Waals surface area contributed by atoms with Gasteiger partial charge in [-0.1, -0.05) is 12.1 Å². The summed E-state index contributed by atoms with van der Waals surface area (Å²) in [5.74, 6) is -1.02. The van der Waals surface area contributed by atoms with Crippen LogP contribution in [0.3, 0.4) is 0 Å². The molecule has 0 aromatic heterocycles. The molecule has 30 heavy (non-hydrogen) atoms. The Hall–Kier alpha value is -2.34. The number of rotatable bonds is 5. The number of halogens is 3. The lowest BCUT2D eigenvalue weighted by molar-refractivity contribution is -0.275. The van der Waals surface area contributed by atoms with Crippen molar-refractivity contribution >= 4 is 22.0 Å². The summed E-state index contributed by atoms with van der Waals surface area (Å²) in [4.78, 5) is 26.9. The first kappa shape index (κ1) is 20.9. The summed E-state index contributed by atoms with van der Waals surface area (Å²) in [6.45, 7) is 0.0263. The summed E-state index contributed by atoms with van der Waals surface area (Å²) < 4.78 is 68.7. The Morgan fingerprint density at radius 1 is 0.967 bits per heavy atom. The summed E-state index contributed by atoms with van der Waals surface area (Å²) in [7, 11) is -4.22. The molecular formula is C18H20F3N3O5S. The molecule has 12 heteroatoms. The van der Waals surface area contributed by atoms with Gasteiger partial charge in [0.05, 0.1) is 0 Å². The number of urea groups is 1. The molecule has 1 saturated carbocycles. The number of carbonyl (C=O) groups is 2. The van der Waals surface area contributed by atoms with Crippen molar-refractivity contribution in [2.75, 3.05) is 19.6 Å². The zero-order chi connectivity index (χ0) is 21.7. The minimum Gasteiger partial charge on any atom is -0.404 e. The van der Waals surface area contributed by atoms with Gasteiger partial charge in [-0.2, -0.15) is 4.31 Å². The van der Waals surface area contributed by atoms with Crippen LogP contribution in [0.4, 0.5) is 18.0 Å². The van der Waals surface area contributed by atoms with Crippen LogP contribution in [-0.4, -0.2) is 72.5 Å². The molecule has 1 aliphatic carbocycles. The van der Waals surface area contributed by atoms with Gasteiger partial charge in [0.25, 0.3) is 5.91 Å². The van der Waals surface area contributed by atoms with Gasteiger partial charge >= 0.3 is 12.4 Å². The Kier molecular flexibility index (Phi) is 5.17. The SMILES string of the molecule is O=C1CN(C2CCN(S(=O)(=O)c3ccccc3OC(F)(F)F)CC2)C(=O)N1C1CC1. The van der Waals surface area contributed by atoms with E-state index in [1.54, 1.807) is 0 Å². The third kappa shape index (κ3) is 3.97. The number of ether oxygens (including phenoxy) is 1. The molecule has 0 bridgehead atoms. The number of amides is 3. The maximum absolute atomic E-state index is 12.9. The molecule has 3 amide bonds. The number of para-hydroxylation sites is 1. The molecule has 2 aliphatic heterocycles. The highest BCUT2D eigenvalue weighted by molar-refractivity contribution is 7.89. The van der Waals surface area contributed by atoms with E-state index >= 15 is 0 Å². The number of alkyl halides is 3. The third-order valence-corrected chi connectivity index (χ3v) is 7.43. The number of sulfonamides is 1. The third-order valence-electron chi connectivity index (χ3n) is 5.49. The molecule has 0 atom stereocenters. The number of imide groups is 1. The number of hydrogen-bond acceptors (Lipinski definition) is 5. The van der Waals surface area contributed by atoms with Crippen LogP contribution in [0.1, 0.15) is 25.7 Å². The van der Waals surface area contributed by atoms with Gasteiger partial charge < -0.3 is 9.64 Å². The number of hydrogen-bond donors (Lipinski definition) is 0. The summed E-state index contributed by atoms with van der Waals surface area (Å²) >= 11 is 0. The standard InChI is InChI=1S/C18H20F3N3O5S/c19-18(20,21)29-14-3-1-2-4-15(14)30(27,28)22-9-7-12(8-10-22)23-11-16(25)24(17(23)26)13-5-6-13/h1-4,12-13H,5-11H2. The quantitative estimate of drug-likeness (QED) is 0.646. The predicted octanol–water partition coefficient (Wildman–Crippen LogP) is 2.16. The van der Waals surface area contributed by atoms with Gasteiger partial charge in [-0.3, -0.25) is 9.69 Å². The molecule has 1 aromatic rings. The molecule has 2 saturated heterocycles. The lowest BCUT2D eigenvalue weighted by Crippen LogP contribution is -2.48. The van der Waals surface area contributed by atoms with E-state index in [1.165, 1.54) is 21.9 Å². The van der Waals surface area contributed by atoms with E-state index < -0.39 is 27.0 Å². The van der Waals surface area contributed by atoms with Crippen LogP contribution in [0.2, 0.25) is 0 Å². The van der Waals surface area contributed by atoms with Crippen molar-refractivity contribution in [2.45, 2.75) is 49.0 Å². The Morgan fingerprint density at radius 3 is 2.20 bits per heavy atom. The molecule has 3 fully saturated rings. The van der Waals surface area contributed by atoms with Crippen LogP contribution >= 0.6 is 0 Å². The van der Waals surface area contributed by atoms with Crippen LogP contribution in [0.5, 0.6) is 5.75 Å². The molecule has 3 aliphatic rings. The fourth-order valence-corrected chi connectivity index (χ4v) is 5.50. The molecule has 2 heterocycles. The Morgan fingerprint density at radius 2 is 1.60 bits per heavy atom. The number of piperidine rings is 1. The zero-order valence-electron chi connectivity index (χ0n) is 15.8. The van der Waals surface area contributed by atoms with Crippen LogP contribution in [0.25, 0.3) is 0 Å². The highest BCUT2D eigenvalue weighted by atomic mass is 32.2. The monoisotopic (exact) mass is 447 g/mol. The molecule has 4 rings (SSSR count). The van der Waals surface area contributed by atoms with Gasteiger partial charge in [0.15, 0.2) is 0 Å². The lowest BCUT2D eigenvalue weighted by Gasteiger charge is -2.35. The van der Waals surface area contributed by atoms with E-state index in [9.17, 15) is 31.2 Å². The second kappa shape index (κ2) is 7.41. The Labute approximate surface area is 171 Å². The first-order chi connectivity index (χ1) is 14.1. The second-order valence-corrected chi connectivity index (χ2v) is 9.44. The maximum Gasteiger partial charge on any atom is 0.573 e. The number of benzene rings is 1. The number of nitrogens with zero attached hydrogens (tertiary/aromatic N) is 3. The molecule has 164 valence electrons. The van der Waals surface area contributed by atoms with Gasteiger partial charge in [-0.15, -0.1) is 13.2 Å². The van der Waals surface area contributed by atoms with Crippen LogP contribution in [0, 0.1) is 0 Å². The van der Waals surface area contributed by atoms with Crippen molar-refractivity contribution in [2.24, 2.45) is 0 Å². The fraction of sp³-hybridized carbons (Fsp3) is 0.556. The minimum absolute atomic E-state index is 0.0188. The van der Waals surface area contributed by atoms with E-state index in [0.29, 0.717) is 12.8 Å². The van der Waals surface area contributed by atoms with Crippen molar-refractivity contribution in [3.8, 4) is 5.75 Å². The van der Waals surface area contributed by atoms with Gasteiger partial charge in [-0.05, 0) is 37.8 Å². The van der Waals surface area contributed by atoms with Crippen molar-refractivity contribution < 1.29 is 35.9 Å². The minimum atomic E-state index is -5.02. The van der Waals surface area contributed by atoms with Crippen molar-refractivity contribution in [3.63, 3.8) is 0 Å². The molecule has 1 aromatic carbocycles. The maximum atomic E-state index is 12.9. The smallest absolute Gasteiger partial charge is 0.404 e. The van der Waals surface area contributed by atoms with Crippen LogP contribution < -0.4 is 4.74 Å². The van der Waals surface area contributed by atoms with Gasteiger partial charge in [0.2, 0.25) is 10.0 Å². The summed E-state index contributed by atoms with van der Waals surface area (Å²) in [6, 6.07) is 3.94. The molecule has 8 nitrogen and oxygen atoms in total. The summed E-state index contributed by atoms with van der Waals surface area (Å²) in [6.07, 6.45) is -2.82. The lowest BCUT2D eigenvalue weighted by atomic mass is 10.1. The average Bonchev–Trinajstić information content (AvgIpc) is 3.45. The number of carbonyl (C=O) groups excluding carboxylic acids is 2. The van der Waals surface area contributed by atoms with Crippen molar-refractivity contribution in [1.29, 1.82) is 0 Å². The summed E-state index contributed by atoms with van der Waals surface area (Å²) in [5, 5.41) is 0. The van der Waals surface area contributed by atoms with E-state index in [-0.39, 0.29) is 43.7 Å². The van der Waals surface area contributed by atoms with E-state index in [2.05, 4.69) is 4.74 Å². The molecule has 0 N–H and O–H groups in total. The van der Waals surface area contributed by atoms with Gasteiger partial charge in [0.1, 0.15) is 17.2 Å². The van der Waals surface area contributed by atoms with E-state index in [1.807, 2.05) is 0 Å². The first-order valence-electron chi connectivity index (χ1n) is 9.55. The van der Waals surface area contributed by atoms with Crippen LogP contribution in [0.15, 0.2) is 29.2 Å². The summed E-state index contributed by atoms with van der Waals surface area (Å²) in [5.41, 5.74) is 0. The van der Waals surface area contributed by atoms with Crippen LogP contribution in [-0.2, 0) is 14.8 Å². The second-order valence-electron chi connectivity index (χ2n) is 7.54. The zero-order valence-corrected chi connectivity index (χ0v) is 16.7. The van der Waals surface area contributed by atoms with Crippen molar-refractivity contribution in [1.82, 2.24) is 14.1 Å². The Bertz CT molecular complexity index is 956. The van der Waals surface area contributed by atoms with Crippen molar-refractivity contribution in [3.05, 3.63) is 24.3 Å². The van der Waals surface area contributed by atoms with E-state index in [4.69, 9.17) is 0 Å². The molecule has 0 unspecified atom stereocenters. The van der Waals surface area contributed by atoms with Gasteiger partial charge in [-0.25, -0.2) is 13.2 Å². The molecular weight excluding hydrogens is 427 g/mol. The first-order valence-corrected chi connectivity index (χ1v) is 11.0. The normalized spacial score (nSPS) is 22.1. The predicted molar refractivity (Wildman–Crippen MR) is 96.9 cm³/mol. The van der Waals surface area contributed by atoms with Gasteiger partial charge in [0, 0.05) is 25.2 Å². The fourth-order valence-electron chi connectivity index (χ4n) is 3.92. The Balaban J connectivity index is 1.45. The molecule has 0 spiro atoms. The van der Waals surface area contributed by atoms with E-state index in [0.717, 1.165) is 29.3 Å². The average molecular weight is 447 g/mol. The highest BCUT2D eigenvalue weighted by Gasteiger charge is 2.47. The highest BCUT2D eigenvalue weighted by Crippen LogP contribution is 2.35.